The first-order valence-electron chi connectivity index (χ1n) is 2.71. The van der Waals surface area contributed by atoms with Gasteiger partial charge in [0.05, 0.1) is 0 Å². The van der Waals surface area contributed by atoms with Gasteiger partial charge in [0, 0.05) is 0 Å². The third-order valence-corrected chi connectivity index (χ3v) is 0.853. The Kier molecular flexibility index (Phi) is 3.47. The molecule has 0 unspecified atom stereocenters. The zero-order valence-electron chi connectivity index (χ0n) is 5.71. The maximum atomic E-state index is 10.1. The summed E-state index contributed by atoms with van der Waals surface area (Å²) in [4.78, 5) is 33.5. The second-order valence-corrected chi connectivity index (χ2v) is 1.77. The first-order valence-corrected chi connectivity index (χ1v) is 2.71. The van der Waals surface area contributed by atoms with Crippen molar-refractivity contribution in [2.75, 3.05) is 0 Å². The second kappa shape index (κ2) is 4.11. The Bertz CT molecular complexity index is 195. The van der Waals surface area contributed by atoms with Crippen molar-refractivity contribution in [3.8, 4) is 0 Å². The Morgan fingerprint density at radius 2 is 1.92 bits per heavy atom. The summed E-state index contributed by atoms with van der Waals surface area (Å²) in [6.45, 7) is 0. The minimum Gasteiger partial charge on any atom is -0.481 e. The maximum absolute atomic E-state index is 10.1. The lowest BCUT2D eigenvalue weighted by molar-refractivity contribution is -0.979. The molecule has 3 N–H and O–H groups in total. The van der Waals surface area contributed by atoms with E-state index in [1.54, 1.807) is 0 Å². The molecule has 1 atom stereocenters. The van der Waals surface area contributed by atoms with Crippen LogP contribution in [0.3, 0.4) is 0 Å². The summed E-state index contributed by atoms with van der Waals surface area (Å²) >= 11 is 0. The van der Waals surface area contributed by atoms with Gasteiger partial charge in [-0.2, -0.15) is 4.84 Å². The number of rotatable bonds is 5. The first kappa shape index (κ1) is 10.1. The van der Waals surface area contributed by atoms with Gasteiger partial charge in [-0.05, 0) is 0 Å². The van der Waals surface area contributed by atoms with E-state index in [0.717, 1.165) is 0 Å². The molecule has 0 radical (unpaired) electrons. The van der Waals surface area contributed by atoms with Gasteiger partial charge in [0.1, 0.15) is 11.3 Å². The third kappa shape index (κ3) is 4.04. The molecule has 0 aromatic heterocycles. The molecule has 0 aromatic carbocycles. The van der Waals surface area contributed by atoms with E-state index in [4.69, 9.17) is 15.4 Å². The Hall–Kier alpha value is -1.86. The predicted molar refractivity (Wildman–Crippen MR) is 30.2 cm³/mol. The molecular formula is C4H6NO7+. The van der Waals surface area contributed by atoms with Gasteiger partial charge in [0.25, 0.3) is 6.10 Å². The average molecular weight is 180 g/mol. The van der Waals surface area contributed by atoms with E-state index in [2.05, 4.69) is 4.84 Å². The SMILES string of the molecule is O=C(O)C[C@H](O[N+](=O)O)C(=O)O. The smallest absolute Gasteiger partial charge is 0.476 e. The van der Waals surface area contributed by atoms with Gasteiger partial charge in [-0.15, -0.1) is 0 Å². The molecule has 0 aliphatic heterocycles. The van der Waals surface area contributed by atoms with Crippen LogP contribution < -0.4 is 0 Å². The molecule has 8 heteroatoms. The fourth-order valence-corrected chi connectivity index (χ4v) is 0.437. The van der Waals surface area contributed by atoms with Crippen molar-refractivity contribution < 1.29 is 34.9 Å². The van der Waals surface area contributed by atoms with Gasteiger partial charge in [-0.25, -0.2) is 10.0 Å². The highest BCUT2D eigenvalue weighted by atomic mass is 17.0. The van der Waals surface area contributed by atoms with Crippen molar-refractivity contribution in [3.05, 3.63) is 4.91 Å². The maximum Gasteiger partial charge on any atom is 0.476 e. The van der Waals surface area contributed by atoms with Gasteiger partial charge >= 0.3 is 17.0 Å². The Labute approximate surface area is 65.5 Å². The molecule has 0 aromatic rings. The Balaban J connectivity index is 4.14. The second-order valence-electron chi connectivity index (χ2n) is 1.77. The van der Waals surface area contributed by atoms with Crippen molar-refractivity contribution in [1.82, 2.24) is 0 Å². The molecule has 0 heterocycles. The number of carboxylic acid groups (broad SMARTS) is 2. The summed E-state index contributed by atoms with van der Waals surface area (Å²) in [5.41, 5.74) is 0. The molecule has 68 valence electrons. The van der Waals surface area contributed by atoms with Gasteiger partial charge in [0.2, 0.25) is 0 Å². The van der Waals surface area contributed by atoms with E-state index in [0.29, 0.717) is 0 Å². The summed E-state index contributed by atoms with van der Waals surface area (Å²) in [5, 5.41) is 23.1. The molecule has 0 saturated heterocycles. The fourth-order valence-electron chi connectivity index (χ4n) is 0.437. The molecule has 8 nitrogen and oxygen atoms in total. The fraction of sp³-hybridized carbons (Fsp3) is 0.500. The zero-order chi connectivity index (χ0) is 9.72. The molecule has 0 aliphatic carbocycles. The van der Waals surface area contributed by atoms with Crippen molar-refractivity contribution >= 4 is 11.9 Å². The lowest BCUT2D eigenvalue weighted by atomic mass is 10.2. The monoisotopic (exact) mass is 180 g/mol. The highest BCUT2D eigenvalue weighted by Gasteiger charge is 2.30. The van der Waals surface area contributed by atoms with E-state index in [1.807, 2.05) is 0 Å². The van der Waals surface area contributed by atoms with Crippen molar-refractivity contribution in [2.45, 2.75) is 12.5 Å². The van der Waals surface area contributed by atoms with Crippen LogP contribution in [0.1, 0.15) is 6.42 Å². The van der Waals surface area contributed by atoms with E-state index in [9.17, 15) is 14.5 Å². The molecule has 0 saturated carbocycles. The predicted octanol–water partition coefficient (Wildman–Crippen LogP) is -0.986. The summed E-state index contributed by atoms with van der Waals surface area (Å²) < 4.78 is 0. The van der Waals surface area contributed by atoms with Crippen LogP contribution in [0.4, 0.5) is 0 Å². The molecule has 0 aliphatic rings. The van der Waals surface area contributed by atoms with E-state index < -0.39 is 29.6 Å². The van der Waals surface area contributed by atoms with Crippen LogP contribution in [0.5, 0.6) is 0 Å². The van der Waals surface area contributed by atoms with Crippen molar-refractivity contribution in [3.63, 3.8) is 0 Å². The number of nitrogens with zero attached hydrogens (tertiary/aromatic N) is 1. The van der Waals surface area contributed by atoms with Gasteiger partial charge < -0.3 is 10.2 Å². The minimum atomic E-state index is -1.88. The van der Waals surface area contributed by atoms with Crippen LogP contribution in [0.25, 0.3) is 0 Å². The van der Waals surface area contributed by atoms with Crippen molar-refractivity contribution in [2.24, 2.45) is 0 Å². The number of hydrogen-bond donors (Lipinski definition) is 3. The van der Waals surface area contributed by atoms with Crippen LogP contribution in [0.15, 0.2) is 0 Å². The molecule has 12 heavy (non-hydrogen) atoms. The number of hydrogen-bond acceptors (Lipinski definition) is 4. The van der Waals surface area contributed by atoms with Gasteiger partial charge in [-0.3, -0.25) is 4.79 Å². The van der Waals surface area contributed by atoms with Crippen LogP contribution in [-0.4, -0.2) is 38.5 Å². The third-order valence-electron chi connectivity index (χ3n) is 0.853. The quantitative estimate of drug-likeness (QED) is 0.464. The standard InChI is InChI=1S/C4H5NO7/c6-3(7)1-2(4(8)9)12-5(10)11/h2H,1H2,(H2-,6,7,8,9,10,11)/p+1/t2-/m0/s1. The van der Waals surface area contributed by atoms with Crippen LogP contribution in [0.2, 0.25) is 0 Å². The topological polar surface area (TPSA) is 124 Å². The molecule has 0 rings (SSSR count). The molecule has 0 amide bonds. The highest BCUT2D eigenvalue weighted by Crippen LogP contribution is 1.98. The lowest BCUT2D eigenvalue weighted by Gasteiger charge is -1.99. The van der Waals surface area contributed by atoms with Crippen molar-refractivity contribution in [1.29, 1.82) is 0 Å². The van der Waals surface area contributed by atoms with Crippen LogP contribution in [0, 0.1) is 4.91 Å². The first-order chi connectivity index (χ1) is 5.43. The molecule has 0 spiro atoms. The van der Waals surface area contributed by atoms with Crippen LogP contribution >= 0.6 is 0 Å². The normalized spacial score (nSPS) is 11.7. The average Bonchev–Trinajstić information content (AvgIpc) is 1.83. The summed E-state index contributed by atoms with van der Waals surface area (Å²) in [6, 6.07) is 0. The van der Waals surface area contributed by atoms with Gasteiger partial charge in [-0.1, -0.05) is 0 Å². The highest BCUT2D eigenvalue weighted by molar-refractivity contribution is 5.79. The molecular weight excluding hydrogens is 174 g/mol. The molecule has 0 fully saturated rings. The van der Waals surface area contributed by atoms with Gasteiger partial charge in [0.15, 0.2) is 0 Å². The summed E-state index contributed by atoms with van der Waals surface area (Å²) in [5.74, 6) is -3.10. The van der Waals surface area contributed by atoms with E-state index >= 15 is 0 Å². The van der Waals surface area contributed by atoms with E-state index in [-0.39, 0.29) is 0 Å². The number of carbonyl (C=O) groups is 2. The minimum absolute atomic E-state index is 0.908. The Morgan fingerprint density at radius 1 is 1.42 bits per heavy atom. The van der Waals surface area contributed by atoms with E-state index in [1.165, 1.54) is 0 Å². The largest absolute Gasteiger partial charge is 0.481 e. The summed E-state index contributed by atoms with van der Waals surface area (Å²) in [7, 11) is 0. The number of aliphatic carboxylic acids is 2. The number of carboxylic acids is 2. The molecule has 0 bridgehead atoms. The Morgan fingerprint density at radius 3 is 2.17 bits per heavy atom. The lowest BCUT2D eigenvalue weighted by Crippen LogP contribution is -2.29. The van der Waals surface area contributed by atoms with Crippen LogP contribution in [-0.2, 0) is 14.4 Å². The summed E-state index contributed by atoms with van der Waals surface area (Å²) in [6.07, 6.45) is -2.79. The zero-order valence-corrected chi connectivity index (χ0v) is 5.71.